The molecule has 1 rings (SSSR count). The normalized spacial score (nSPS) is 9.00. The van der Waals surface area contributed by atoms with Crippen molar-refractivity contribution >= 4 is 17.6 Å². The lowest BCUT2D eigenvalue weighted by Crippen LogP contribution is -1.94. The maximum absolute atomic E-state index is 8.26. The lowest BCUT2D eigenvalue weighted by atomic mass is 10.7. The summed E-state index contributed by atoms with van der Waals surface area (Å²) in [6.45, 7) is 0. The molecule has 1 heterocycles. The number of hydrogen-bond donors (Lipinski definition) is 1. The molecule has 0 unspecified atom stereocenters. The van der Waals surface area contributed by atoms with Gasteiger partial charge in [0, 0.05) is 12.4 Å². The van der Waals surface area contributed by atoms with Crippen molar-refractivity contribution in [2.24, 2.45) is 0 Å². The lowest BCUT2D eigenvalue weighted by molar-refractivity contribution is 1.07. The molecule has 0 bridgehead atoms. The summed E-state index contributed by atoms with van der Waals surface area (Å²) < 4.78 is 0. The maximum Gasteiger partial charge on any atom is 0.156 e. The van der Waals surface area contributed by atoms with Gasteiger partial charge in [-0.15, -0.1) is 0 Å². The highest BCUT2D eigenvalue weighted by atomic mass is 32.2. The predicted octanol–water partition coefficient (Wildman–Crippen LogP) is 0.674. The monoisotopic (exact) mass is 166 g/mol. The quantitative estimate of drug-likeness (QED) is 0.653. The molecule has 0 aliphatic heterocycles. The fourth-order valence-corrected chi connectivity index (χ4v) is 1.09. The van der Waals surface area contributed by atoms with Crippen LogP contribution in [0.1, 0.15) is 0 Å². The second kappa shape index (κ2) is 3.78. The van der Waals surface area contributed by atoms with Crippen molar-refractivity contribution in [3.8, 4) is 6.07 Å². The van der Waals surface area contributed by atoms with Gasteiger partial charge in [-0.25, -0.2) is 9.97 Å². The minimum absolute atomic E-state index is 0.350. The zero-order valence-corrected chi connectivity index (χ0v) is 6.51. The van der Waals surface area contributed by atoms with Crippen molar-refractivity contribution in [1.82, 2.24) is 9.97 Å². The molecule has 0 saturated carbocycles. The average molecular weight is 166 g/mol. The van der Waals surface area contributed by atoms with E-state index in [9.17, 15) is 0 Å². The van der Waals surface area contributed by atoms with Gasteiger partial charge in [-0.2, -0.15) is 5.26 Å². The molecule has 0 aliphatic carbocycles. The first-order valence-corrected chi connectivity index (χ1v) is 3.89. The van der Waals surface area contributed by atoms with Crippen molar-refractivity contribution in [2.45, 2.75) is 5.03 Å². The van der Waals surface area contributed by atoms with Gasteiger partial charge in [-0.1, -0.05) is 11.8 Å². The molecule has 0 saturated heterocycles. The van der Waals surface area contributed by atoms with Crippen LogP contribution in [0.5, 0.6) is 0 Å². The third-order valence-electron chi connectivity index (χ3n) is 0.965. The lowest BCUT2D eigenvalue weighted by Gasteiger charge is -1.97. The minimum Gasteiger partial charge on any atom is -0.381 e. The summed E-state index contributed by atoms with van der Waals surface area (Å²) in [6.07, 6.45) is 3.07. The van der Waals surface area contributed by atoms with E-state index in [1.807, 2.05) is 6.07 Å². The molecule has 0 atom stereocenters. The number of nitrogen functional groups attached to an aromatic ring is 1. The number of nitrogens with two attached hydrogens (primary N) is 1. The molecule has 4 nitrogen and oxygen atoms in total. The van der Waals surface area contributed by atoms with Crippen molar-refractivity contribution in [1.29, 1.82) is 5.26 Å². The predicted molar refractivity (Wildman–Crippen MR) is 42.8 cm³/mol. The summed E-state index contributed by atoms with van der Waals surface area (Å²) in [5.74, 6) is 0.732. The Hall–Kier alpha value is -1.28. The van der Waals surface area contributed by atoms with E-state index in [-0.39, 0.29) is 0 Å². The third kappa shape index (κ3) is 2.09. The van der Waals surface area contributed by atoms with Crippen LogP contribution in [-0.2, 0) is 0 Å². The van der Waals surface area contributed by atoms with Gasteiger partial charge >= 0.3 is 0 Å². The molecule has 1 aromatic heterocycles. The van der Waals surface area contributed by atoms with E-state index in [0.29, 0.717) is 16.6 Å². The molecule has 0 fully saturated rings. The van der Waals surface area contributed by atoms with Crippen LogP contribution in [0.15, 0.2) is 17.4 Å². The standard InChI is InChI=1S/C6H6N4S/c7-1-4-11-6-5(8)9-2-3-10-6/h2-3H,4H2,(H2,8,9). The van der Waals surface area contributed by atoms with E-state index in [0.717, 1.165) is 0 Å². The van der Waals surface area contributed by atoms with Crippen LogP contribution in [-0.4, -0.2) is 15.7 Å². The topological polar surface area (TPSA) is 75.6 Å². The molecule has 0 spiro atoms. The molecule has 1 aromatic rings. The Morgan fingerprint density at radius 1 is 1.55 bits per heavy atom. The first kappa shape index (κ1) is 7.82. The fraction of sp³-hybridized carbons (Fsp3) is 0.167. The van der Waals surface area contributed by atoms with Crippen molar-refractivity contribution in [3.63, 3.8) is 0 Å². The summed E-state index contributed by atoms with van der Waals surface area (Å²) in [5, 5.41) is 8.88. The first-order chi connectivity index (χ1) is 5.34. The summed E-state index contributed by atoms with van der Waals surface area (Å²) in [7, 11) is 0. The molecule has 56 valence electrons. The minimum atomic E-state index is 0.350. The van der Waals surface area contributed by atoms with Crippen molar-refractivity contribution < 1.29 is 0 Å². The molecule has 2 N–H and O–H groups in total. The number of aromatic nitrogens is 2. The fourth-order valence-electron chi connectivity index (χ4n) is 0.548. The SMILES string of the molecule is N#CCSc1nccnc1N. The zero-order valence-electron chi connectivity index (χ0n) is 5.69. The van der Waals surface area contributed by atoms with Gasteiger partial charge in [0.2, 0.25) is 0 Å². The number of anilines is 1. The van der Waals surface area contributed by atoms with Crippen LogP contribution in [0.25, 0.3) is 0 Å². The smallest absolute Gasteiger partial charge is 0.156 e. The van der Waals surface area contributed by atoms with Gasteiger partial charge in [0.25, 0.3) is 0 Å². The Morgan fingerprint density at radius 2 is 2.27 bits per heavy atom. The Morgan fingerprint density at radius 3 is 2.91 bits per heavy atom. The maximum atomic E-state index is 8.26. The average Bonchev–Trinajstić information content (AvgIpc) is 2.03. The molecular formula is C6H6N4S. The Balaban J connectivity index is 2.71. The zero-order chi connectivity index (χ0) is 8.10. The highest BCUT2D eigenvalue weighted by Gasteiger charge is 1.99. The highest BCUT2D eigenvalue weighted by Crippen LogP contribution is 2.18. The van der Waals surface area contributed by atoms with Crippen LogP contribution < -0.4 is 5.73 Å². The highest BCUT2D eigenvalue weighted by molar-refractivity contribution is 7.99. The van der Waals surface area contributed by atoms with E-state index in [2.05, 4.69) is 9.97 Å². The number of thioether (sulfide) groups is 1. The van der Waals surface area contributed by atoms with Crippen LogP contribution in [0.3, 0.4) is 0 Å². The Kier molecular flexibility index (Phi) is 2.69. The van der Waals surface area contributed by atoms with Crippen molar-refractivity contribution in [2.75, 3.05) is 11.5 Å². The van der Waals surface area contributed by atoms with Crippen LogP contribution in [0.2, 0.25) is 0 Å². The summed E-state index contributed by atoms with van der Waals surface area (Å²) in [4.78, 5) is 7.76. The van der Waals surface area contributed by atoms with Crippen LogP contribution in [0, 0.1) is 11.3 Å². The second-order valence-electron chi connectivity index (χ2n) is 1.69. The number of hydrogen-bond acceptors (Lipinski definition) is 5. The third-order valence-corrected chi connectivity index (χ3v) is 1.83. The molecule has 0 amide bonds. The molecule has 0 aromatic carbocycles. The van der Waals surface area contributed by atoms with Crippen LogP contribution in [0.4, 0.5) is 5.82 Å². The summed E-state index contributed by atoms with van der Waals surface area (Å²) >= 11 is 1.29. The molecular weight excluding hydrogens is 160 g/mol. The summed E-state index contributed by atoms with van der Waals surface area (Å²) in [5.41, 5.74) is 5.46. The number of nitriles is 1. The van der Waals surface area contributed by atoms with Gasteiger partial charge in [-0.3, -0.25) is 0 Å². The van der Waals surface area contributed by atoms with Gasteiger partial charge < -0.3 is 5.73 Å². The number of nitrogens with zero attached hydrogens (tertiary/aromatic N) is 3. The van der Waals surface area contributed by atoms with E-state index in [1.165, 1.54) is 18.0 Å². The van der Waals surface area contributed by atoms with Gasteiger partial charge in [0.15, 0.2) is 5.82 Å². The Bertz CT molecular complexity index is 280. The van der Waals surface area contributed by atoms with Crippen LogP contribution >= 0.6 is 11.8 Å². The van der Waals surface area contributed by atoms with E-state index >= 15 is 0 Å². The van der Waals surface area contributed by atoms with E-state index < -0.39 is 0 Å². The van der Waals surface area contributed by atoms with Gasteiger partial charge in [0.05, 0.1) is 11.8 Å². The molecule has 0 aliphatic rings. The first-order valence-electron chi connectivity index (χ1n) is 2.91. The summed E-state index contributed by atoms with van der Waals surface area (Å²) in [6, 6.07) is 1.98. The van der Waals surface area contributed by atoms with Crippen molar-refractivity contribution in [3.05, 3.63) is 12.4 Å². The number of rotatable bonds is 2. The molecule has 0 radical (unpaired) electrons. The van der Waals surface area contributed by atoms with Gasteiger partial charge in [-0.05, 0) is 0 Å². The molecule has 5 heteroatoms. The Labute approximate surface area is 68.5 Å². The largest absolute Gasteiger partial charge is 0.381 e. The van der Waals surface area contributed by atoms with E-state index in [4.69, 9.17) is 11.0 Å². The van der Waals surface area contributed by atoms with Gasteiger partial charge in [0.1, 0.15) is 5.03 Å². The molecule has 11 heavy (non-hydrogen) atoms. The second-order valence-corrected chi connectivity index (χ2v) is 2.66. The van der Waals surface area contributed by atoms with E-state index in [1.54, 1.807) is 6.20 Å².